The molecule has 15 heavy (non-hydrogen) atoms. The number of carbonyl (C=O) groups excluding carboxylic acids is 1. The van der Waals surface area contributed by atoms with Gasteiger partial charge in [-0.05, 0) is 34.5 Å². The van der Waals surface area contributed by atoms with E-state index in [1.165, 1.54) is 0 Å². The fraction of sp³-hybridized carbons (Fsp3) is 0.400. The van der Waals surface area contributed by atoms with Gasteiger partial charge in [0.25, 0.3) is 0 Å². The first-order chi connectivity index (χ1) is 7.24. The van der Waals surface area contributed by atoms with Crippen LogP contribution in [0.25, 0.3) is 0 Å². The molecule has 0 spiro atoms. The third-order valence-corrected chi connectivity index (χ3v) is 2.39. The Balaban J connectivity index is 2.37. The van der Waals surface area contributed by atoms with E-state index in [9.17, 15) is 4.79 Å². The van der Waals surface area contributed by atoms with Crippen LogP contribution in [0.4, 0.5) is 5.82 Å². The molecule has 1 rings (SSSR count). The van der Waals surface area contributed by atoms with Crippen molar-refractivity contribution >= 4 is 27.7 Å². The lowest BCUT2D eigenvalue weighted by atomic mass is 10.4. The van der Waals surface area contributed by atoms with Crippen LogP contribution in [0.15, 0.2) is 22.8 Å². The Hall–Kier alpha value is -1.10. The summed E-state index contributed by atoms with van der Waals surface area (Å²) in [5.74, 6) is 0.665. The van der Waals surface area contributed by atoms with Gasteiger partial charge in [-0.1, -0.05) is 6.92 Å². The molecule has 0 unspecified atom stereocenters. The fourth-order valence-electron chi connectivity index (χ4n) is 1.01. The summed E-state index contributed by atoms with van der Waals surface area (Å²) in [6, 6.07) is 3.70. The lowest BCUT2D eigenvalue weighted by molar-refractivity contribution is -0.119. The first-order valence-corrected chi connectivity index (χ1v) is 5.64. The summed E-state index contributed by atoms with van der Waals surface area (Å²) in [6.45, 7) is 2.97. The standard InChI is InChI=1S/C10H14BrN3O/c1-2-5-12-9(15)7-14-10-8(11)4-3-6-13-10/h3-4,6H,2,5,7H2,1H3,(H,12,15)(H,13,14). The minimum atomic E-state index is -0.0191. The summed E-state index contributed by atoms with van der Waals surface area (Å²) in [5, 5.41) is 5.73. The van der Waals surface area contributed by atoms with Gasteiger partial charge in [-0.15, -0.1) is 0 Å². The zero-order valence-electron chi connectivity index (χ0n) is 8.59. The largest absolute Gasteiger partial charge is 0.360 e. The number of hydrogen-bond acceptors (Lipinski definition) is 3. The molecule has 4 nitrogen and oxygen atoms in total. The lowest BCUT2D eigenvalue weighted by Gasteiger charge is -2.07. The number of carbonyl (C=O) groups is 1. The van der Waals surface area contributed by atoms with Crippen molar-refractivity contribution < 1.29 is 4.79 Å². The van der Waals surface area contributed by atoms with E-state index in [0.717, 1.165) is 10.9 Å². The van der Waals surface area contributed by atoms with Gasteiger partial charge in [-0.2, -0.15) is 0 Å². The van der Waals surface area contributed by atoms with Crippen LogP contribution in [0, 0.1) is 0 Å². The Morgan fingerprint density at radius 3 is 3.07 bits per heavy atom. The van der Waals surface area contributed by atoms with Crippen molar-refractivity contribution in [2.75, 3.05) is 18.4 Å². The van der Waals surface area contributed by atoms with E-state index < -0.39 is 0 Å². The minimum Gasteiger partial charge on any atom is -0.360 e. The molecule has 82 valence electrons. The summed E-state index contributed by atoms with van der Waals surface area (Å²) in [7, 11) is 0. The van der Waals surface area contributed by atoms with E-state index in [-0.39, 0.29) is 12.5 Å². The summed E-state index contributed by atoms with van der Waals surface area (Å²) in [4.78, 5) is 15.4. The summed E-state index contributed by atoms with van der Waals surface area (Å²) >= 11 is 3.34. The maximum Gasteiger partial charge on any atom is 0.239 e. The molecule has 1 aromatic rings. The van der Waals surface area contributed by atoms with Crippen LogP contribution in [-0.4, -0.2) is 24.0 Å². The molecule has 0 saturated carbocycles. The Morgan fingerprint density at radius 1 is 1.60 bits per heavy atom. The number of rotatable bonds is 5. The van der Waals surface area contributed by atoms with Crippen molar-refractivity contribution in [3.63, 3.8) is 0 Å². The second-order valence-corrected chi connectivity index (χ2v) is 3.89. The lowest BCUT2D eigenvalue weighted by Crippen LogP contribution is -2.30. The molecule has 0 aliphatic heterocycles. The zero-order valence-corrected chi connectivity index (χ0v) is 10.2. The van der Waals surface area contributed by atoms with Gasteiger partial charge in [0, 0.05) is 12.7 Å². The normalized spacial score (nSPS) is 9.73. The number of halogens is 1. The molecule has 0 aromatic carbocycles. The van der Waals surface area contributed by atoms with Crippen molar-refractivity contribution in [1.29, 1.82) is 0 Å². The number of nitrogens with one attached hydrogen (secondary N) is 2. The number of pyridine rings is 1. The predicted octanol–water partition coefficient (Wildman–Crippen LogP) is 1.78. The number of anilines is 1. The van der Waals surface area contributed by atoms with Crippen molar-refractivity contribution in [3.8, 4) is 0 Å². The van der Waals surface area contributed by atoms with Gasteiger partial charge < -0.3 is 10.6 Å². The molecule has 0 aliphatic rings. The Kier molecular flexibility index (Phi) is 5.10. The molecule has 0 bridgehead atoms. The Labute approximate surface area is 97.6 Å². The van der Waals surface area contributed by atoms with Crippen molar-refractivity contribution in [3.05, 3.63) is 22.8 Å². The number of aromatic nitrogens is 1. The molecular formula is C10H14BrN3O. The first kappa shape index (κ1) is 12.0. The van der Waals surface area contributed by atoms with Crippen molar-refractivity contribution in [1.82, 2.24) is 10.3 Å². The van der Waals surface area contributed by atoms with Gasteiger partial charge in [0.1, 0.15) is 5.82 Å². The van der Waals surface area contributed by atoms with Crippen LogP contribution in [0.2, 0.25) is 0 Å². The second-order valence-electron chi connectivity index (χ2n) is 3.04. The highest BCUT2D eigenvalue weighted by Crippen LogP contribution is 2.17. The topological polar surface area (TPSA) is 54.0 Å². The van der Waals surface area contributed by atoms with E-state index in [1.807, 2.05) is 19.1 Å². The monoisotopic (exact) mass is 271 g/mol. The maximum atomic E-state index is 11.3. The fourth-order valence-corrected chi connectivity index (χ4v) is 1.40. The van der Waals surface area contributed by atoms with E-state index >= 15 is 0 Å². The minimum absolute atomic E-state index is 0.0191. The molecule has 5 heteroatoms. The maximum absolute atomic E-state index is 11.3. The van der Waals surface area contributed by atoms with Crippen molar-refractivity contribution in [2.24, 2.45) is 0 Å². The van der Waals surface area contributed by atoms with Gasteiger partial charge in [0.05, 0.1) is 11.0 Å². The van der Waals surface area contributed by atoms with Crippen LogP contribution in [0.5, 0.6) is 0 Å². The molecule has 1 aromatic heterocycles. The molecule has 1 amide bonds. The van der Waals surface area contributed by atoms with E-state index in [1.54, 1.807) is 6.20 Å². The molecule has 0 atom stereocenters. The van der Waals surface area contributed by atoms with Crippen LogP contribution in [-0.2, 0) is 4.79 Å². The van der Waals surface area contributed by atoms with Gasteiger partial charge in [-0.25, -0.2) is 4.98 Å². The van der Waals surface area contributed by atoms with Crippen LogP contribution >= 0.6 is 15.9 Å². The van der Waals surface area contributed by atoms with Crippen LogP contribution in [0.3, 0.4) is 0 Å². The molecule has 0 saturated heterocycles. The average molecular weight is 272 g/mol. The molecular weight excluding hydrogens is 258 g/mol. The quantitative estimate of drug-likeness (QED) is 0.859. The molecule has 0 radical (unpaired) electrons. The molecule has 1 heterocycles. The number of hydrogen-bond donors (Lipinski definition) is 2. The zero-order chi connectivity index (χ0) is 11.1. The van der Waals surface area contributed by atoms with E-state index in [2.05, 4.69) is 31.5 Å². The van der Waals surface area contributed by atoms with Gasteiger partial charge >= 0.3 is 0 Å². The van der Waals surface area contributed by atoms with E-state index in [0.29, 0.717) is 12.4 Å². The predicted molar refractivity (Wildman–Crippen MR) is 63.7 cm³/mol. The van der Waals surface area contributed by atoms with E-state index in [4.69, 9.17) is 0 Å². The summed E-state index contributed by atoms with van der Waals surface area (Å²) in [5.41, 5.74) is 0. The van der Waals surface area contributed by atoms with Crippen LogP contribution in [0.1, 0.15) is 13.3 Å². The highest BCUT2D eigenvalue weighted by molar-refractivity contribution is 9.10. The Morgan fingerprint density at radius 2 is 2.40 bits per heavy atom. The summed E-state index contributed by atoms with van der Waals surface area (Å²) < 4.78 is 0.855. The van der Waals surface area contributed by atoms with Crippen LogP contribution < -0.4 is 10.6 Å². The first-order valence-electron chi connectivity index (χ1n) is 4.85. The van der Waals surface area contributed by atoms with Gasteiger partial charge in [0.15, 0.2) is 0 Å². The van der Waals surface area contributed by atoms with Gasteiger partial charge in [0.2, 0.25) is 5.91 Å². The third-order valence-electron chi connectivity index (χ3n) is 1.75. The highest BCUT2D eigenvalue weighted by Gasteiger charge is 2.02. The number of nitrogens with zero attached hydrogens (tertiary/aromatic N) is 1. The average Bonchev–Trinajstić information content (AvgIpc) is 2.25. The number of amides is 1. The molecule has 0 fully saturated rings. The summed E-state index contributed by atoms with van der Waals surface area (Å²) in [6.07, 6.45) is 2.62. The van der Waals surface area contributed by atoms with Crippen molar-refractivity contribution in [2.45, 2.75) is 13.3 Å². The molecule has 2 N–H and O–H groups in total. The SMILES string of the molecule is CCCNC(=O)CNc1ncccc1Br. The van der Waals surface area contributed by atoms with Gasteiger partial charge in [-0.3, -0.25) is 4.79 Å². The highest BCUT2D eigenvalue weighted by atomic mass is 79.9. The third kappa shape index (κ3) is 4.29. The smallest absolute Gasteiger partial charge is 0.239 e. The molecule has 0 aliphatic carbocycles. The second kappa shape index (κ2) is 6.40. The Bertz CT molecular complexity index is 330.